The first kappa shape index (κ1) is 22.7. The van der Waals surface area contributed by atoms with E-state index in [0.717, 1.165) is 16.7 Å². The maximum atomic E-state index is 13.9. The molecule has 0 N–H and O–H groups in total. The maximum Gasteiger partial charge on any atom is 0.297 e. The number of amides is 1. The van der Waals surface area contributed by atoms with Crippen LogP contribution in [0.2, 0.25) is 0 Å². The Labute approximate surface area is 213 Å². The number of carbonyl (C=O) groups is 1. The van der Waals surface area contributed by atoms with Gasteiger partial charge in [-0.25, -0.2) is 9.97 Å². The van der Waals surface area contributed by atoms with Gasteiger partial charge in [0.1, 0.15) is 17.9 Å². The van der Waals surface area contributed by atoms with Crippen LogP contribution in [-0.2, 0) is 6.61 Å². The Hall–Kier alpha value is -4.78. The van der Waals surface area contributed by atoms with Gasteiger partial charge in [0.2, 0.25) is 11.7 Å². The molecule has 1 aliphatic rings. The Kier molecular flexibility index (Phi) is 5.53. The van der Waals surface area contributed by atoms with Gasteiger partial charge in [0.05, 0.1) is 17.0 Å². The number of nitrogens with zero attached hydrogens (tertiary/aromatic N) is 3. The standard InChI is InChI=1S/C30H23N3O4/c1-18-14-23-24(15-19(18)2)37-28-25(27(23)34)26(33(29(28)35)30-31-12-7-13-32-30)21-10-6-11-22(16-21)36-17-20-8-4-3-5-9-20/h3-16,26H,17H2,1-2H3. The molecule has 0 saturated heterocycles. The van der Waals surface area contributed by atoms with E-state index < -0.39 is 11.9 Å². The summed E-state index contributed by atoms with van der Waals surface area (Å²) in [6.07, 6.45) is 3.13. The summed E-state index contributed by atoms with van der Waals surface area (Å²) in [5.74, 6) is 0.357. The fourth-order valence-corrected chi connectivity index (χ4v) is 4.68. The number of fused-ring (bicyclic) bond motifs is 2. The molecule has 1 aliphatic heterocycles. The van der Waals surface area contributed by atoms with Crippen molar-refractivity contribution in [1.29, 1.82) is 0 Å². The minimum atomic E-state index is -0.771. The van der Waals surface area contributed by atoms with Crippen molar-refractivity contribution >= 4 is 22.8 Å². The number of aryl methyl sites for hydroxylation is 2. The van der Waals surface area contributed by atoms with Crippen LogP contribution in [0.25, 0.3) is 11.0 Å². The molecule has 0 radical (unpaired) electrons. The molecule has 7 heteroatoms. The second-order valence-electron chi connectivity index (χ2n) is 9.08. The first-order valence-electron chi connectivity index (χ1n) is 12.0. The van der Waals surface area contributed by atoms with Crippen LogP contribution in [0.15, 0.2) is 94.4 Å². The molecule has 0 saturated carbocycles. The number of hydrogen-bond donors (Lipinski definition) is 0. The summed E-state index contributed by atoms with van der Waals surface area (Å²) >= 11 is 0. The molecule has 5 aromatic rings. The van der Waals surface area contributed by atoms with Crippen molar-refractivity contribution in [3.05, 3.63) is 129 Å². The molecule has 1 amide bonds. The van der Waals surface area contributed by atoms with Gasteiger partial charge in [0.25, 0.3) is 5.91 Å². The fourth-order valence-electron chi connectivity index (χ4n) is 4.68. The summed E-state index contributed by atoms with van der Waals surface area (Å²) in [5.41, 5.74) is 4.09. The molecule has 1 atom stereocenters. The number of carbonyl (C=O) groups excluding carboxylic acids is 1. The Bertz CT molecular complexity index is 1700. The van der Waals surface area contributed by atoms with Crippen LogP contribution in [-0.4, -0.2) is 15.9 Å². The first-order chi connectivity index (χ1) is 18.0. The highest BCUT2D eigenvalue weighted by molar-refractivity contribution is 6.09. The van der Waals surface area contributed by atoms with Crippen molar-refractivity contribution in [1.82, 2.24) is 9.97 Å². The van der Waals surface area contributed by atoms with Crippen LogP contribution >= 0.6 is 0 Å². The number of hydrogen-bond acceptors (Lipinski definition) is 6. The van der Waals surface area contributed by atoms with Crippen molar-refractivity contribution < 1.29 is 13.9 Å². The number of aromatic nitrogens is 2. The van der Waals surface area contributed by atoms with E-state index in [9.17, 15) is 9.59 Å². The van der Waals surface area contributed by atoms with Gasteiger partial charge in [-0.15, -0.1) is 0 Å². The Morgan fingerprint density at radius 3 is 2.43 bits per heavy atom. The summed E-state index contributed by atoms with van der Waals surface area (Å²) in [6, 6.07) is 21.8. The molecule has 3 aromatic carbocycles. The quantitative estimate of drug-likeness (QED) is 0.323. The molecule has 0 bridgehead atoms. The van der Waals surface area contributed by atoms with Gasteiger partial charge in [-0.3, -0.25) is 14.5 Å². The van der Waals surface area contributed by atoms with Gasteiger partial charge < -0.3 is 9.15 Å². The molecule has 0 aliphatic carbocycles. The molecule has 3 heterocycles. The van der Waals surface area contributed by atoms with Crippen molar-refractivity contribution in [2.45, 2.75) is 26.5 Å². The molecule has 182 valence electrons. The Morgan fingerprint density at radius 1 is 0.892 bits per heavy atom. The largest absolute Gasteiger partial charge is 0.489 e. The molecular weight excluding hydrogens is 466 g/mol. The van der Waals surface area contributed by atoms with Gasteiger partial charge in [-0.05, 0) is 66.4 Å². The van der Waals surface area contributed by atoms with Gasteiger partial charge in [0, 0.05) is 12.4 Å². The van der Waals surface area contributed by atoms with Crippen LogP contribution in [0, 0.1) is 13.8 Å². The smallest absolute Gasteiger partial charge is 0.297 e. The monoisotopic (exact) mass is 489 g/mol. The fraction of sp³-hybridized carbons (Fsp3) is 0.133. The third-order valence-corrected chi connectivity index (χ3v) is 6.68. The lowest BCUT2D eigenvalue weighted by molar-refractivity contribution is 0.0969. The van der Waals surface area contributed by atoms with E-state index in [1.54, 1.807) is 24.5 Å². The molecular formula is C30H23N3O4. The molecule has 2 aromatic heterocycles. The highest BCUT2D eigenvalue weighted by Crippen LogP contribution is 2.40. The van der Waals surface area contributed by atoms with Crippen LogP contribution in [0.3, 0.4) is 0 Å². The highest BCUT2D eigenvalue weighted by atomic mass is 16.5. The zero-order valence-corrected chi connectivity index (χ0v) is 20.3. The predicted molar refractivity (Wildman–Crippen MR) is 140 cm³/mol. The minimum absolute atomic E-state index is 0.00816. The van der Waals surface area contributed by atoms with E-state index in [1.165, 1.54) is 4.90 Å². The van der Waals surface area contributed by atoms with Crippen LogP contribution < -0.4 is 15.1 Å². The second kappa shape index (κ2) is 9.02. The van der Waals surface area contributed by atoms with E-state index in [0.29, 0.717) is 28.9 Å². The summed E-state index contributed by atoms with van der Waals surface area (Å²) in [5, 5.41) is 0.437. The van der Waals surface area contributed by atoms with E-state index in [2.05, 4.69) is 9.97 Å². The molecule has 37 heavy (non-hydrogen) atoms. The molecule has 6 rings (SSSR count). The summed E-state index contributed by atoms with van der Waals surface area (Å²) < 4.78 is 12.1. The summed E-state index contributed by atoms with van der Waals surface area (Å²) in [6.45, 7) is 4.28. The first-order valence-corrected chi connectivity index (χ1v) is 12.0. The average Bonchev–Trinajstić information content (AvgIpc) is 3.22. The SMILES string of the molecule is Cc1cc2oc3c(c(=O)c2cc1C)C(c1cccc(OCc2ccccc2)c1)N(c1ncccn1)C3=O. The van der Waals surface area contributed by atoms with Crippen LogP contribution in [0.4, 0.5) is 5.95 Å². The van der Waals surface area contributed by atoms with Gasteiger partial charge in [0.15, 0.2) is 5.43 Å². The number of anilines is 1. The zero-order valence-electron chi connectivity index (χ0n) is 20.3. The zero-order chi connectivity index (χ0) is 25.5. The number of benzene rings is 3. The van der Waals surface area contributed by atoms with E-state index in [1.807, 2.05) is 74.5 Å². The third kappa shape index (κ3) is 3.94. The summed E-state index contributed by atoms with van der Waals surface area (Å²) in [4.78, 5) is 37.6. The maximum absolute atomic E-state index is 13.9. The van der Waals surface area contributed by atoms with E-state index in [-0.39, 0.29) is 22.7 Å². The molecule has 1 unspecified atom stereocenters. The lowest BCUT2D eigenvalue weighted by Crippen LogP contribution is -2.31. The lowest BCUT2D eigenvalue weighted by Gasteiger charge is -2.23. The van der Waals surface area contributed by atoms with Gasteiger partial charge >= 0.3 is 0 Å². The van der Waals surface area contributed by atoms with Crippen molar-refractivity contribution in [2.24, 2.45) is 0 Å². The average molecular weight is 490 g/mol. The molecule has 0 fully saturated rings. The molecule has 0 spiro atoms. The van der Waals surface area contributed by atoms with Crippen LogP contribution in [0.1, 0.15) is 44.4 Å². The lowest BCUT2D eigenvalue weighted by atomic mass is 9.97. The minimum Gasteiger partial charge on any atom is -0.489 e. The normalized spacial score (nSPS) is 14.7. The van der Waals surface area contributed by atoms with Gasteiger partial charge in [-0.2, -0.15) is 0 Å². The predicted octanol–water partition coefficient (Wildman–Crippen LogP) is 5.53. The summed E-state index contributed by atoms with van der Waals surface area (Å²) in [7, 11) is 0. The van der Waals surface area contributed by atoms with Crippen molar-refractivity contribution in [2.75, 3.05) is 4.90 Å². The van der Waals surface area contributed by atoms with E-state index >= 15 is 0 Å². The van der Waals surface area contributed by atoms with Crippen LogP contribution in [0.5, 0.6) is 5.75 Å². The number of ether oxygens (including phenoxy) is 1. The molecule has 7 nitrogen and oxygen atoms in total. The topological polar surface area (TPSA) is 85.5 Å². The Morgan fingerprint density at radius 2 is 1.65 bits per heavy atom. The third-order valence-electron chi connectivity index (χ3n) is 6.68. The second-order valence-corrected chi connectivity index (χ2v) is 9.08. The Balaban J connectivity index is 1.50. The number of rotatable bonds is 5. The van der Waals surface area contributed by atoms with Crippen molar-refractivity contribution in [3.8, 4) is 5.75 Å². The van der Waals surface area contributed by atoms with Crippen molar-refractivity contribution in [3.63, 3.8) is 0 Å². The highest BCUT2D eigenvalue weighted by Gasteiger charge is 2.45. The van der Waals surface area contributed by atoms with E-state index in [4.69, 9.17) is 9.15 Å². The van der Waals surface area contributed by atoms with Gasteiger partial charge in [-0.1, -0.05) is 42.5 Å².